The van der Waals surface area contributed by atoms with Crippen LogP contribution in [0.15, 0.2) is 0 Å². The number of carbonyl (C=O) groups excluding carboxylic acids is 1. The molecule has 0 spiro atoms. The normalized spacial score (nSPS) is 29.3. The monoisotopic (exact) mass is 218 g/mol. The lowest BCUT2D eigenvalue weighted by molar-refractivity contribution is -0.121. The van der Waals surface area contributed by atoms with E-state index in [1.165, 1.54) is 4.31 Å². The Bertz CT molecular complexity index is 348. The van der Waals surface area contributed by atoms with E-state index in [4.69, 9.17) is 5.73 Å². The summed E-state index contributed by atoms with van der Waals surface area (Å²) in [6.07, 6.45) is 2.76. The highest BCUT2D eigenvalue weighted by Gasteiger charge is 2.45. The summed E-state index contributed by atoms with van der Waals surface area (Å²) < 4.78 is 25.0. The Balaban J connectivity index is 2.20. The molecule has 6 heteroatoms. The van der Waals surface area contributed by atoms with Crippen LogP contribution in [0.25, 0.3) is 0 Å². The van der Waals surface area contributed by atoms with Crippen LogP contribution >= 0.6 is 0 Å². The summed E-state index contributed by atoms with van der Waals surface area (Å²) in [4.78, 5) is 11.0. The molecule has 1 saturated heterocycles. The van der Waals surface area contributed by atoms with Crippen LogP contribution in [0.5, 0.6) is 0 Å². The van der Waals surface area contributed by atoms with E-state index >= 15 is 0 Å². The third kappa shape index (κ3) is 1.52. The average molecular weight is 218 g/mol. The zero-order valence-electron chi connectivity index (χ0n) is 7.85. The second-order valence-electron chi connectivity index (χ2n) is 3.92. The lowest BCUT2D eigenvalue weighted by Crippen LogP contribution is -2.44. The third-order valence-corrected chi connectivity index (χ3v) is 5.21. The summed E-state index contributed by atoms with van der Waals surface area (Å²) >= 11 is 0. The predicted molar refractivity (Wildman–Crippen MR) is 50.9 cm³/mol. The second-order valence-corrected chi connectivity index (χ2v) is 6.08. The molecule has 80 valence electrons. The van der Waals surface area contributed by atoms with Gasteiger partial charge in [0.1, 0.15) is 6.04 Å². The van der Waals surface area contributed by atoms with Crippen molar-refractivity contribution in [3.8, 4) is 0 Å². The summed E-state index contributed by atoms with van der Waals surface area (Å²) in [5, 5.41) is -0.248. The highest BCUT2D eigenvalue weighted by atomic mass is 32.2. The van der Waals surface area contributed by atoms with Gasteiger partial charge in [-0.2, -0.15) is 4.31 Å². The van der Waals surface area contributed by atoms with Crippen LogP contribution in [0.3, 0.4) is 0 Å². The SMILES string of the molecule is NC(=O)[C@H]1CCCN1S(=O)(=O)C1CC1. The maximum Gasteiger partial charge on any atom is 0.235 e. The molecule has 1 amide bonds. The van der Waals surface area contributed by atoms with Crippen molar-refractivity contribution >= 4 is 15.9 Å². The number of nitrogens with two attached hydrogens (primary N) is 1. The fraction of sp³-hybridized carbons (Fsp3) is 0.875. The summed E-state index contributed by atoms with van der Waals surface area (Å²) in [6, 6.07) is -0.597. The summed E-state index contributed by atoms with van der Waals surface area (Å²) in [5.41, 5.74) is 5.16. The number of rotatable bonds is 3. The van der Waals surface area contributed by atoms with Gasteiger partial charge in [0.25, 0.3) is 0 Å². The number of hydrogen-bond acceptors (Lipinski definition) is 3. The van der Waals surface area contributed by atoms with Gasteiger partial charge >= 0.3 is 0 Å². The molecule has 2 rings (SSSR count). The van der Waals surface area contributed by atoms with E-state index < -0.39 is 22.0 Å². The van der Waals surface area contributed by atoms with E-state index in [1.54, 1.807) is 0 Å². The Morgan fingerprint density at radius 2 is 1.93 bits per heavy atom. The molecule has 14 heavy (non-hydrogen) atoms. The van der Waals surface area contributed by atoms with Gasteiger partial charge in [-0.25, -0.2) is 8.42 Å². The molecule has 0 bridgehead atoms. The van der Waals surface area contributed by atoms with E-state index in [0.717, 1.165) is 19.3 Å². The van der Waals surface area contributed by atoms with Gasteiger partial charge in [-0.1, -0.05) is 0 Å². The number of amides is 1. The van der Waals surface area contributed by atoms with Crippen LogP contribution in [0.1, 0.15) is 25.7 Å². The van der Waals surface area contributed by atoms with E-state index in [2.05, 4.69) is 0 Å². The highest BCUT2D eigenvalue weighted by Crippen LogP contribution is 2.34. The minimum Gasteiger partial charge on any atom is -0.368 e. The van der Waals surface area contributed by atoms with Crippen molar-refractivity contribution in [3.63, 3.8) is 0 Å². The first-order valence-electron chi connectivity index (χ1n) is 4.83. The minimum atomic E-state index is -3.23. The summed E-state index contributed by atoms with van der Waals surface area (Å²) in [7, 11) is -3.23. The van der Waals surface area contributed by atoms with Gasteiger partial charge in [-0.15, -0.1) is 0 Å². The summed E-state index contributed by atoms with van der Waals surface area (Å²) in [5.74, 6) is -0.522. The van der Waals surface area contributed by atoms with Gasteiger partial charge < -0.3 is 5.73 Å². The molecule has 1 aliphatic carbocycles. The van der Waals surface area contributed by atoms with Gasteiger partial charge in [-0.05, 0) is 25.7 Å². The Labute approximate surface area is 83.3 Å². The van der Waals surface area contributed by atoms with E-state index in [0.29, 0.717) is 13.0 Å². The first kappa shape index (κ1) is 9.92. The zero-order chi connectivity index (χ0) is 10.3. The van der Waals surface area contributed by atoms with Crippen molar-refractivity contribution < 1.29 is 13.2 Å². The molecule has 1 aliphatic heterocycles. The van der Waals surface area contributed by atoms with E-state index in [-0.39, 0.29) is 5.25 Å². The molecular weight excluding hydrogens is 204 g/mol. The largest absolute Gasteiger partial charge is 0.368 e. The number of carbonyl (C=O) groups is 1. The molecule has 0 aromatic heterocycles. The van der Waals surface area contributed by atoms with Gasteiger partial charge in [0, 0.05) is 6.54 Å². The van der Waals surface area contributed by atoms with Crippen molar-refractivity contribution in [1.29, 1.82) is 0 Å². The highest BCUT2D eigenvalue weighted by molar-refractivity contribution is 7.90. The third-order valence-electron chi connectivity index (χ3n) is 2.80. The Morgan fingerprint density at radius 3 is 2.43 bits per heavy atom. The fourth-order valence-corrected chi connectivity index (χ4v) is 3.95. The first-order chi connectivity index (χ1) is 6.53. The minimum absolute atomic E-state index is 0.248. The molecule has 0 radical (unpaired) electrons. The van der Waals surface area contributed by atoms with Crippen LogP contribution in [-0.2, 0) is 14.8 Å². The maximum absolute atomic E-state index is 11.8. The number of sulfonamides is 1. The van der Waals surface area contributed by atoms with Crippen molar-refractivity contribution in [2.24, 2.45) is 5.73 Å². The number of primary amides is 1. The Kier molecular flexibility index (Phi) is 2.27. The number of hydrogen-bond donors (Lipinski definition) is 1. The maximum atomic E-state index is 11.8. The predicted octanol–water partition coefficient (Wildman–Crippen LogP) is -0.572. The molecule has 0 aromatic rings. The van der Waals surface area contributed by atoms with Gasteiger partial charge in [0.15, 0.2) is 0 Å². The molecule has 0 unspecified atom stereocenters. The van der Waals surface area contributed by atoms with Gasteiger partial charge in [0.05, 0.1) is 5.25 Å². The van der Waals surface area contributed by atoms with E-state index in [9.17, 15) is 13.2 Å². The van der Waals surface area contributed by atoms with Gasteiger partial charge in [0.2, 0.25) is 15.9 Å². The van der Waals surface area contributed by atoms with Crippen molar-refractivity contribution in [3.05, 3.63) is 0 Å². The van der Waals surface area contributed by atoms with Crippen LogP contribution < -0.4 is 5.73 Å². The molecule has 1 atom stereocenters. The zero-order valence-corrected chi connectivity index (χ0v) is 8.66. The van der Waals surface area contributed by atoms with Gasteiger partial charge in [-0.3, -0.25) is 4.79 Å². The van der Waals surface area contributed by atoms with Crippen LogP contribution in [0.4, 0.5) is 0 Å². The lowest BCUT2D eigenvalue weighted by atomic mass is 10.2. The molecule has 1 heterocycles. The van der Waals surface area contributed by atoms with E-state index in [1.807, 2.05) is 0 Å². The standard InChI is InChI=1S/C8H14N2O3S/c9-8(11)7-2-1-5-10(7)14(12,13)6-3-4-6/h6-7H,1-5H2,(H2,9,11)/t7-/m1/s1. The molecule has 0 aromatic carbocycles. The summed E-state index contributed by atoms with van der Waals surface area (Å²) in [6.45, 7) is 0.451. The molecule has 5 nitrogen and oxygen atoms in total. The molecule has 2 fully saturated rings. The molecule has 2 aliphatic rings. The number of nitrogens with zero attached hydrogens (tertiary/aromatic N) is 1. The average Bonchev–Trinajstić information content (AvgIpc) is 2.82. The smallest absolute Gasteiger partial charge is 0.235 e. The fourth-order valence-electron chi connectivity index (χ4n) is 1.89. The molecular formula is C8H14N2O3S. The quantitative estimate of drug-likeness (QED) is 0.688. The lowest BCUT2D eigenvalue weighted by Gasteiger charge is -2.21. The van der Waals surface area contributed by atoms with Crippen molar-refractivity contribution in [2.75, 3.05) is 6.54 Å². The van der Waals surface area contributed by atoms with Crippen LogP contribution in [0, 0.1) is 0 Å². The Morgan fingerprint density at radius 1 is 1.29 bits per heavy atom. The topological polar surface area (TPSA) is 80.5 Å². The van der Waals surface area contributed by atoms with Crippen molar-refractivity contribution in [1.82, 2.24) is 4.31 Å². The Hall–Kier alpha value is -0.620. The molecule has 2 N–H and O–H groups in total. The van der Waals surface area contributed by atoms with Crippen molar-refractivity contribution in [2.45, 2.75) is 37.0 Å². The first-order valence-corrected chi connectivity index (χ1v) is 6.34. The van der Waals surface area contributed by atoms with Crippen LogP contribution in [-0.4, -0.2) is 36.5 Å². The second kappa shape index (κ2) is 3.20. The molecule has 1 saturated carbocycles. The van der Waals surface area contributed by atoms with Crippen LogP contribution in [0.2, 0.25) is 0 Å².